The highest BCUT2D eigenvalue weighted by Gasteiger charge is 2.00. The fraction of sp³-hybridized carbons (Fsp3) is 0.158. The highest BCUT2D eigenvalue weighted by atomic mass is 32.1. The number of hydrazone groups is 1. The van der Waals surface area contributed by atoms with Crippen molar-refractivity contribution in [1.82, 2.24) is 10.7 Å². The molecule has 0 fully saturated rings. The zero-order chi connectivity index (χ0) is 17.2. The summed E-state index contributed by atoms with van der Waals surface area (Å²) in [4.78, 5) is 0. The van der Waals surface area contributed by atoms with E-state index in [0.717, 1.165) is 22.6 Å². The van der Waals surface area contributed by atoms with Gasteiger partial charge in [-0.15, -0.1) is 6.58 Å². The smallest absolute Gasteiger partial charge is 0.187 e. The molecule has 24 heavy (non-hydrogen) atoms. The van der Waals surface area contributed by atoms with Crippen LogP contribution in [0.25, 0.3) is 0 Å². The van der Waals surface area contributed by atoms with E-state index in [-0.39, 0.29) is 0 Å². The molecule has 0 aromatic heterocycles. The number of rotatable bonds is 7. The van der Waals surface area contributed by atoms with Gasteiger partial charge in [0.2, 0.25) is 0 Å². The van der Waals surface area contributed by atoms with Crippen LogP contribution in [0.4, 0.5) is 0 Å². The van der Waals surface area contributed by atoms with Gasteiger partial charge in [-0.25, -0.2) is 0 Å². The van der Waals surface area contributed by atoms with E-state index in [1.54, 1.807) is 6.08 Å². The van der Waals surface area contributed by atoms with E-state index in [1.165, 1.54) is 0 Å². The lowest BCUT2D eigenvalue weighted by Gasteiger charge is -2.08. The lowest BCUT2D eigenvalue weighted by Crippen LogP contribution is -2.32. The first kappa shape index (κ1) is 17.7. The molecular weight excluding hydrogens is 318 g/mol. The van der Waals surface area contributed by atoms with Crippen molar-refractivity contribution in [2.45, 2.75) is 13.5 Å². The molecule has 5 heteroatoms. The van der Waals surface area contributed by atoms with Gasteiger partial charge >= 0.3 is 0 Å². The van der Waals surface area contributed by atoms with Crippen LogP contribution < -0.4 is 15.5 Å². The average Bonchev–Trinajstić information content (AvgIpc) is 2.64. The zero-order valence-corrected chi connectivity index (χ0v) is 14.5. The Balaban J connectivity index is 1.88. The van der Waals surface area contributed by atoms with E-state index in [2.05, 4.69) is 22.4 Å². The molecule has 0 saturated heterocycles. The maximum absolute atomic E-state index is 5.77. The highest BCUT2D eigenvalue weighted by Crippen LogP contribution is 2.14. The van der Waals surface area contributed by atoms with Crippen LogP contribution in [0.1, 0.15) is 18.1 Å². The number of ether oxygens (including phenoxy) is 1. The van der Waals surface area contributed by atoms with Gasteiger partial charge < -0.3 is 10.1 Å². The maximum atomic E-state index is 5.77. The first-order valence-electron chi connectivity index (χ1n) is 7.65. The summed E-state index contributed by atoms with van der Waals surface area (Å²) in [6.07, 6.45) is 1.73. The van der Waals surface area contributed by atoms with Crippen LogP contribution in [-0.4, -0.2) is 17.4 Å². The Kier molecular flexibility index (Phi) is 6.98. The fourth-order valence-electron chi connectivity index (χ4n) is 1.94. The fourth-order valence-corrected chi connectivity index (χ4v) is 2.07. The molecule has 124 valence electrons. The molecule has 0 spiro atoms. The summed E-state index contributed by atoms with van der Waals surface area (Å²) in [5.74, 6) is 0.825. The van der Waals surface area contributed by atoms with Gasteiger partial charge in [0.25, 0.3) is 0 Å². The van der Waals surface area contributed by atoms with Crippen LogP contribution in [0, 0.1) is 0 Å². The Morgan fingerprint density at radius 3 is 2.54 bits per heavy atom. The standard InChI is InChI=1S/C19H21N3OS/c1-3-13-20-19(24)22-21-15(2)17-9-11-18(12-10-17)23-14-16-7-5-4-6-8-16/h3-12H,1,13-14H2,2H3,(H2,20,22,24)/b21-15+. The molecule has 0 heterocycles. The van der Waals surface area contributed by atoms with Gasteiger partial charge in [-0.05, 0) is 54.5 Å². The van der Waals surface area contributed by atoms with Gasteiger partial charge in [-0.3, -0.25) is 5.43 Å². The Morgan fingerprint density at radius 1 is 1.17 bits per heavy atom. The minimum atomic E-state index is 0.470. The summed E-state index contributed by atoms with van der Waals surface area (Å²) in [6.45, 7) is 6.70. The van der Waals surface area contributed by atoms with Crippen LogP contribution in [0.3, 0.4) is 0 Å². The van der Waals surface area contributed by atoms with Crippen LogP contribution in [0.15, 0.2) is 72.4 Å². The molecule has 0 saturated carbocycles. The third-order valence-electron chi connectivity index (χ3n) is 3.25. The summed E-state index contributed by atoms with van der Waals surface area (Å²) in [7, 11) is 0. The second-order valence-electron chi connectivity index (χ2n) is 5.11. The highest BCUT2D eigenvalue weighted by molar-refractivity contribution is 7.80. The van der Waals surface area contributed by atoms with Gasteiger partial charge in [0.1, 0.15) is 12.4 Å². The molecule has 0 unspecified atom stereocenters. The summed E-state index contributed by atoms with van der Waals surface area (Å²) in [5.41, 5.74) is 5.79. The zero-order valence-electron chi connectivity index (χ0n) is 13.7. The first-order valence-corrected chi connectivity index (χ1v) is 8.06. The molecule has 2 rings (SSSR count). The first-order chi connectivity index (χ1) is 11.7. The summed E-state index contributed by atoms with van der Waals surface area (Å²) in [6, 6.07) is 17.9. The van der Waals surface area contributed by atoms with Crippen LogP contribution in [0.2, 0.25) is 0 Å². The summed E-state index contributed by atoms with van der Waals surface area (Å²) >= 11 is 5.09. The van der Waals surface area contributed by atoms with Gasteiger partial charge in [0, 0.05) is 6.54 Å². The Bertz CT molecular complexity index is 696. The summed E-state index contributed by atoms with van der Waals surface area (Å²) in [5, 5.41) is 7.68. The second-order valence-corrected chi connectivity index (χ2v) is 5.51. The monoisotopic (exact) mass is 339 g/mol. The van der Waals surface area contributed by atoms with E-state index in [9.17, 15) is 0 Å². The third kappa shape index (κ3) is 5.85. The normalized spacial score (nSPS) is 10.8. The van der Waals surface area contributed by atoms with Gasteiger partial charge in [-0.1, -0.05) is 36.4 Å². The van der Waals surface area contributed by atoms with Crippen LogP contribution in [0.5, 0.6) is 5.75 Å². The Hall–Kier alpha value is -2.66. The molecule has 2 N–H and O–H groups in total. The van der Waals surface area contributed by atoms with Crippen LogP contribution in [-0.2, 0) is 6.61 Å². The van der Waals surface area contributed by atoms with Crippen molar-refractivity contribution >= 4 is 23.0 Å². The number of nitrogens with one attached hydrogen (secondary N) is 2. The van der Waals surface area contributed by atoms with Crippen molar-refractivity contribution in [2.24, 2.45) is 5.10 Å². The van der Waals surface area contributed by atoms with Crippen molar-refractivity contribution in [3.63, 3.8) is 0 Å². The molecule has 0 amide bonds. The van der Waals surface area contributed by atoms with Crippen molar-refractivity contribution in [3.05, 3.63) is 78.4 Å². The minimum absolute atomic E-state index is 0.470. The van der Waals surface area contributed by atoms with Crippen LogP contribution >= 0.6 is 12.2 Å². The number of thiocarbonyl (C=S) groups is 1. The van der Waals surface area contributed by atoms with Gasteiger partial charge in [0.15, 0.2) is 5.11 Å². The van der Waals surface area contributed by atoms with E-state index in [0.29, 0.717) is 18.3 Å². The quantitative estimate of drug-likeness (QED) is 0.350. The predicted molar refractivity (Wildman–Crippen MR) is 103 cm³/mol. The number of hydrogen-bond acceptors (Lipinski definition) is 3. The average molecular weight is 339 g/mol. The second kappa shape index (κ2) is 9.47. The van der Waals surface area contributed by atoms with E-state index < -0.39 is 0 Å². The SMILES string of the molecule is C=CCNC(=S)N/N=C(\C)c1ccc(OCc2ccccc2)cc1. The topological polar surface area (TPSA) is 45.7 Å². The van der Waals surface area contributed by atoms with E-state index in [1.807, 2.05) is 61.5 Å². The lowest BCUT2D eigenvalue weighted by atomic mass is 10.1. The Labute approximate surface area is 148 Å². The molecule has 0 radical (unpaired) electrons. The van der Waals surface area contributed by atoms with Crippen molar-refractivity contribution in [3.8, 4) is 5.75 Å². The largest absolute Gasteiger partial charge is 0.489 e. The minimum Gasteiger partial charge on any atom is -0.489 e. The number of benzene rings is 2. The molecule has 0 atom stereocenters. The third-order valence-corrected chi connectivity index (χ3v) is 3.49. The number of nitrogens with zero attached hydrogens (tertiary/aromatic N) is 1. The van der Waals surface area contributed by atoms with Crippen molar-refractivity contribution < 1.29 is 4.74 Å². The molecule has 2 aromatic carbocycles. The number of hydrogen-bond donors (Lipinski definition) is 2. The molecule has 4 nitrogen and oxygen atoms in total. The van der Waals surface area contributed by atoms with Gasteiger partial charge in [-0.2, -0.15) is 5.10 Å². The van der Waals surface area contributed by atoms with Crippen molar-refractivity contribution in [2.75, 3.05) is 6.54 Å². The maximum Gasteiger partial charge on any atom is 0.187 e. The molecule has 0 aliphatic rings. The van der Waals surface area contributed by atoms with E-state index in [4.69, 9.17) is 17.0 Å². The molecule has 0 aliphatic heterocycles. The summed E-state index contributed by atoms with van der Waals surface area (Å²) < 4.78 is 5.77. The molecule has 0 aliphatic carbocycles. The molecule has 2 aromatic rings. The van der Waals surface area contributed by atoms with Gasteiger partial charge in [0.05, 0.1) is 5.71 Å². The molecule has 0 bridgehead atoms. The van der Waals surface area contributed by atoms with Crippen molar-refractivity contribution in [1.29, 1.82) is 0 Å². The lowest BCUT2D eigenvalue weighted by molar-refractivity contribution is 0.306. The molecular formula is C19H21N3OS. The van der Waals surface area contributed by atoms with E-state index >= 15 is 0 Å². The Morgan fingerprint density at radius 2 is 1.88 bits per heavy atom. The predicted octanol–water partition coefficient (Wildman–Crippen LogP) is 3.64.